The fourth-order valence-corrected chi connectivity index (χ4v) is 1.24. The van der Waals surface area contributed by atoms with Crippen LogP contribution in [0.25, 0.3) is 0 Å². The quantitative estimate of drug-likeness (QED) is 0.556. The molecule has 1 rings (SSSR count). The number of nitrogen functional groups attached to an aromatic ring is 1. The number of carbonyl (C=O) groups excluding carboxylic acids is 1. The van der Waals surface area contributed by atoms with Crippen molar-refractivity contribution < 1.29 is 9.53 Å². The maximum Gasteiger partial charge on any atom is 0.162 e. The lowest BCUT2D eigenvalue weighted by molar-refractivity contribution is 0.101. The summed E-state index contributed by atoms with van der Waals surface area (Å²) >= 11 is 0. The second kappa shape index (κ2) is 3.47. The second-order valence-electron chi connectivity index (χ2n) is 2.97. The Morgan fingerprint density at radius 2 is 2.08 bits per heavy atom. The van der Waals surface area contributed by atoms with Crippen LogP contribution >= 0.6 is 0 Å². The van der Waals surface area contributed by atoms with Crippen LogP contribution in [0.4, 0.5) is 5.69 Å². The number of ether oxygens (including phenoxy) is 1. The predicted octanol–water partition coefficient (Wildman–Crippen LogP) is 1.79. The van der Waals surface area contributed by atoms with Gasteiger partial charge in [0.2, 0.25) is 0 Å². The first kappa shape index (κ1) is 9.58. The first-order valence-electron chi connectivity index (χ1n) is 4.01. The lowest BCUT2D eigenvalue weighted by Crippen LogP contribution is -2.01. The van der Waals surface area contributed by atoms with Gasteiger partial charge in [-0.3, -0.25) is 4.79 Å². The lowest BCUT2D eigenvalue weighted by atomic mass is 10.1. The summed E-state index contributed by atoms with van der Waals surface area (Å²) < 4.78 is 5.08. The summed E-state index contributed by atoms with van der Waals surface area (Å²) in [6.45, 7) is 3.37. The number of Topliss-reactive ketones (excluding diaryl/α,β-unsaturated/α-hetero) is 1. The van der Waals surface area contributed by atoms with Crippen LogP contribution < -0.4 is 10.5 Å². The molecular weight excluding hydrogens is 166 g/mol. The van der Waals surface area contributed by atoms with E-state index in [1.807, 2.05) is 6.92 Å². The number of benzene rings is 1. The van der Waals surface area contributed by atoms with E-state index in [1.165, 1.54) is 6.92 Å². The Labute approximate surface area is 77.5 Å². The molecule has 2 N–H and O–H groups in total. The average molecular weight is 179 g/mol. The molecule has 1 aromatic rings. The van der Waals surface area contributed by atoms with Gasteiger partial charge in [0.1, 0.15) is 5.75 Å². The fourth-order valence-electron chi connectivity index (χ4n) is 1.24. The van der Waals surface area contributed by atoms with Crippen molar-refractivity contribution in [2.75, 3.05) is 12.8 Å². The molecule has 0 bridgehead atoms. The van der Waals surface area contributed by atoms with Gasteiger partial charge in [-0.15, -0.1) is 0 Å². The molecule has 13 heavy (non-hydrogen) atoms. The van der Waals surface area contributed by atoms with Crippen molar-refractivity contribution in [3.05, 3.63) is 23.3 Å². The number of methoxy groups -OCH3 is 1. The molecule has 0 spiro atoms. The van der Waals surface area contributed by atoms with Gasteiger partial charge in [0.15, 0.2) is 5.78 Å². The number of aryl methyl sites for hydroxylation is 1. The van der Waals surface area contributed by atoms with E-state index >= 15 is 0 Å². The highest BCUT2D eigenvalue weighted by atomic mass is 16.5. The summed E-state index contributed by atoms with van der Waals surface area (Å²) in [7, 11) is 1.57. The van der Waals surface area contributed by atoms with E-state index in [0.29, 0.717) is 17.0 Å². The van der Waals surface area contributed by atoms with Gasteiger partial charge in [-0.25, -0.2) is 0 Å². The summed E-state index contributed by atoms with van der Waals surface area (Å²) in [5.41, 5.74) is 7.63. The molecule has 0 unspecified atom stereocenters. The number of carbonyl (C=O) groups is 1. The van der Waals surface area contributed by atoms with E-state index < -0.39 is 0 Å². The molecule has 0 saturated carbocycles. The van der Waals surface area contributed by atoms with Crippen molar-refractivity contribution in [2.45, 2.75) is 13.8 Å². The Hall–Kier alpha value is -1.51. The van der Waals surface area contributed by atoms with Crippen LogP contribution in [0.1, 0.15) is 22.8 Å². The molecule has 3 heteroatoms. The van der Waals surface area contributed by atoms with Gasteiger partial charge >= 0.3 is 0 Å². The molecule has 0 aromatic heterocycles. The van der Waals surface area contributed by atoms with Crippen molar-refractivity contribution in [3.8, 4) is 5.75 Å². The molecular formula is C10H13NO2. The van der Waals surface area contributed by atoms with Gasteiger partial charge in [-0.05, 0) is 31.5 Å². The van der Waals surface area contributed by atoms with E-state index in [2.05, 4.69) is 0 Å². The van der Waals surface area contributed by atoms with Crippen molar-refractivity contribution in [1.82, 2.24) is 0 Å². The molecule has 0 radical (unpaired) electrons. The topological polar surface area (TPSA) is 52.3 Å². The number of nitrogens with two attached hydrogens (primary N) is 1. The van der Waals surface area contributed by atoms with Gasteiger partial charge in [-0.1, -0.05) is 0 Å². The molecule has 70 valence electrons. The first-order valence-corrected chi connectivity index (χ1v) is 4.01. The Bertz CT molecular complexity index is 345. The van der Waals surface area contributed by atoms with Gasteiger partial charge in [-0.2, -0.15) is 0 Å². The van der Waals surface area contributed by atoms with Crippen LogP contribution in [0.3, 0.4) is 0 Å². The largest absolute Gasteiger partial charge is 0.496 e. The maximum absolute atomic E-state index is 11.1. The van der Waals surface area contributed by atoms with E-state index in [-0.39, 0.29) is 5.78 Å². The summed E-state index contributed by atoms with van der Waals surface area (Å²) in [4.78, 5) is 11.1. The minimum absolute atomic E-state index is 0.0456. The van der Waals surface area contributed by atoms with Gasteiger partial charge in [0, 0.05) is 11.3 Å². The van der Waals surface area contributed by atoms with Gasteiger partial charge in [0.25, 0.3) is 0 Å². The zero-order valence-corrected chi connectivity index (χ0v) is 8.05. The highest BCUT2D eigenvalue weighted by Crippen LogP contribution is 2.24. The smallest absolute Gasteiger partial charge is 0.162 e. The molecule has 0 aliphatic rings. The number of hydrogen-bond donors (Lipinski definition) is 1. The molecule has 0 fully saturated rings. The minimum atomic E-state index is -0.0456. The zero-order valence-electron chi connectivity index (χ0n) is 8.05. The summed E-state index contributed by atoms with van der Waals surface area (Å²) in [6.07, 6.45) is 0. The fraction of sp³-hybridized carbons (Fsp3) is 0.300. The van der Waals surface area contributed by atoms with Crippen molar-refractivity contribution >= 4 is 11.5 Å². The van der Waals surface area contributed by atoms with Crippen LogP contribution in [0, 0.1) is 6.92 Å². The lowest BCUT2D eigenvalue weighted by Gasteiger charge is -2.08. The van der Waals surface area contributed by atoms with Crippen LogP contribution in [0.15, 0.2) is 12.1 Å². The zero-order chi connectivity index (χ0) is 10.0. The van der Waals surface area contributed by atoms with Crippen LogP contribution in [-0.2, 0) is 0 Å². The third kappa shape index (κ3) is 1.80. The monoisotopic (exact) mass is 179 g/mol. The van der Waals surface area contributed by atoms with E-state index in [4.69, 9.17) is 10.5 Å². The Morgan fingerprint density at radius 3 is 2.54 bits per heavy atom. The highest BCUT2D eigenvalue weighted by molar-refractivity contribution is 5.99. The SMILES string of the molecule is COc1cc(C(C)=O)c(N)cc1C. The molecule has 3 nitrogen and oxygen atoms in total. The van der Waals surface area contributed by atoms with Crippen molar-refractivity contribution in [1.29, 1.82) is 0 Å². The van der Waals surface area contributed by atoms with Gasteiger partial charge < -0.3 is 10.5 Å². The molecule has 0 heterocycles. The summed E-state index contributed by atoms with van der Waals surface area (Å²) in [5, 5.41) is 0. The molecule has 0 atom stereocenters. The minimum Gasteiger partial charge on any atom is -0.496 e. The summed E-state index contributed by atoms with van der Waals surface area (Å²) in [6, 6.07) is 3.42. The van der Waals surface area contributed by atoms with Crippen LogP contribution in [0.2, 0.25) is 0 Å². The van der Waals surface area contributed by atoms with Crippen molar-refractivity contribution in [2.24, 2.45) is 0 Å². The van der Waals surface area contributed by atoms with Crippen LogP contribution in [0.5, 0.6) is 5.75 Å². The van der Waals surface area contributed by atoms with E-state index in [1.54, 1.807) is 19.2 Å². The summed E-state index contributed by atoms with van der Waals surface area (Å²) in [5.74, 6) is 0.648. The maximum atomic E-state index is 11.1. The molecule has 0 saturated heterocycles. The number of rotatable bonds is 2. The molecule has 0 aliphatic carbocycles. The Morgan fingerprint density at radius 1 is 1.46 bits per heavy atom. The third-order valence-corrected chi connectivity index (χ3v) is 1.95. The molecule has 0 amide bonds. The predicted molar refractivity (Wildman–Crippen MR) is 52.1 cm³/mol. The normalized spacial score (nSPS) is 9.77. The standard InChI is InChI=1S/C10H13NO2/c1-6-4-9(11)8(7(2)12)5-10(6)13-3/h4-5H,11H2,1-3H3. The van der Waals surface area contributed by atoms with Crippen molar-refractivity contribution in [3.63, 3.8) is 0 Å². The Kier molecular flexibility index (Phi) is 2.56. The first-order chi connectivity index (χ1) is 6.06. The average Bonchev–Trinajstić information content (AvgIpc) is 2.03. The number of hydrogen-bond acceptors (Lipinski definition) is 3. The van der Waals surface area contributed by atoms with Gasteiger partial charge in [0.05, 0.1) is 7.11 Å². The second-order valence-corrected chi connectivity index (χ2v) is 2.97. The third-order valence-electron chi connectivity index (χ3n) is 1.95. The highest BCUT2D eigenvalue weighted by Gasteiger charge is 2.08. The van der Waals surface area contributed by atoms with Crippen LogP contribution in [-0.4, -0.2) is 12.9 Å². The Balaban J connectivity index is 3.30. The van der Waals surface area contributed by atoms with E-state index in [0.717, 1.165) is 5.56 Å². The molecule has 1 aromatic carbocycles. The van der Waals surface area contributed by atoms with E-state index in [9.17, 15) is 4.79 Å². The molecule has 0 aliphatic heterocycles. The number of ketones is 1. The number of anilines is 1.